The summed E-state index contributed by atoms with van der Waals surface area (Å²) in [4.78, 5) is 23.5. The maximum Gasteiger partial charge on any atom is 0.307 e. The minimum Gasteiger partial charge on any atom is -0.434 e. The number of ether oxygens (including phenoxy) is 1. The highest BCUT2D eigenvalue weighted by molar-refractivity contribution is 5.93. The lowest BCUT2D eigenvalue weighted by Crippen LogP contribution is -2.23. The molecule has 80 valence electrons. The third-order valence-electron chi connectivity index (χ3n) is 1.57. The topological polar surface area (TPSA) is 46.6 Å². The third kappa shape index (κ3) is 4.64. The number of esters is 1. The van der Waals surface area contributed by atoms with Crippen LogP contribution in [0.1, 0.15) is 26.7 Å². The van der Waals surface area contributed by atoms with Gasteiger partial charge in [-0.2, -0.15) is 0 Å². The Hall–Kier alpha value is -1.32. The standard InChI is InChI=1S/C10H17NO3/c1-5-6-9(7-14-8(2)12)10(13)11(3)4/h7H,5-6H2,1-4H3/b9-7+. The van der Waals surface area contributed by atoms with Gasteiger partial charge in [-0.3, -0.25) is 9.59 Å². The highest BCUT2D eigenvalue weighted by atomic mass is 16.5. The summed E-state index contributed by atoms with van der Waals surface area (Å²) in [5, 5.41) is 0. The second kappa shape index (κ2) is 6.18. The third-order valence-corrected chi connectivity index (χ3v) is 1.57. The molecule has 0 atom stereocenters. The van der Waals surface area contributed by atoms with Gasteiger partial charge in [0.1, 0.15) is 6.26 Å². The molecule has 4 heteroatoms. The summed E-state index contributed by atoms with van der Waals surface area (Å²) in [6.45, 7) is 3.27. The molecule has 0 heterocycles. The van der Waals surface area contributed by atoms with Gasteiger partial charge in [-0.15, -0.1) is 0 Å². The Bertz CT molecular complexity index is 244. The summed E-state index contributed by atoms with van der Waals surface area (Å²) < 4.78 is 4.68. The van der Waals surface area contributed by atoms with Crippen molar-refractivity contribution in [3.8, 4) is 0 Å². The van der Waals surface area contributed by atoms with E-state index in [0.29, 0.717) is 12.0 Å². The molecule has 4 nitrogen and oxygen atoms in total. The number of nitrogens with zero attached hydrogens (tertiary/aromatic N) is 1. The van der Waals surface area contributed by atoms with E-state index in [4.69, 9.17) is 0 Å². The number of amides is 1. The molecule has 0 aromatic heterocycles. The maximum atomic E-state index is 11.5. The Morgan fingerprint density at radius 2 is 1.93 bits per heavy atom. The average molecular weight is 199 g/mol. The monoisotopic (exact) mass is 199 g/mol. The summed E-state index contributed by atoms with van der Waals surface area (Å²) >= 11 is 0. The largest absolute Gasteiger partial charge is 0.434 e. The fourth-order valence-corrected chi connectivity index (χ4v) is 0.927. The van der Waals surface area contributed by atoms with E-state index >= 15 is 0 Å². The van der Waals surface area contributed by atoms with E-state index in [1.807, 2.05) is 6.92 Å². The van der Waals surface area contributed by atoms with Crippen LogP contribution in [0.3, 0.4) is 0 Å². The van der Waals surface area contributed by atoms with Gasteiger partial charge in [0.2, 0.25) is 0 Å². The molecule has 0 bridgehead atoms. The lowest BCUT2D eigenvalue weighted by molar-refractivity contribution is -0.135. The molecule has 0 rings (SSSR count). The van der Waals surface area contributed by atoms with Gasteiger partial charge in [0.05, 0.1) is 5.57 Å². The number of likely N-dealkylation sites (N-methyl/N-ethyl adjacent to an activating group) is 1. The van der Waals surface area contributed by atoms with Crippen LogP contribution in [0.25, 0.3) is 0 Å². The zero-order chi connectivity index (χ0) is 11.1. The van der Waals surface area contributed by atoms with Crippen molar-refractivity contribution >= 4 is 11.9 Å². The number of hydrogen-bond donors (Lipinski definition) is 0. The van der Waals surface area contributed by atoms with Crippen molar-refractivity contribution < 1.29 is 14.3 Å². The van der Waals surface area contributed by atoms with E-state index in [0.717, 1.165) is 6.42 Å². The van der Waals surface area contributed by atoms with Crippen molar-refractivity contribution in [3.63, 3.8) is 0 Å². The second-order valence-electron chi connectivity index (χ2n) is 3.20. The Balaban J connectivity index is 4.49. The summed E-state index contributed by atoms with van der Waals surface area (Å²) in [6, 6.07) is 0. The molecule has 0 aliphatic carbocycles. The summed E-state index contributed by atoms with van der Waals surface area (Å²) in [5.74, 6) is -0.529. The Morgan fingerprint density at radius 3 is 2.29 bits per heavy atom. The normalized spacial score (nSPS) is 11.0. The molecule has 0 aromatic carbocycles. The lowest BCUT2D eigenvalue weighted by atomic mass is 10.1. The molecule has 0 aliphatic heterocycles. The van der Waals surface area contributed by atoms with E-state index in [-0.39, 0.29) is 5.91 Å². The van der Waals surface area contributed by atoms with E-state index < -0.39 is 5.97 Å². The molecule has 14 heavy (non-hydrogen) atoms. The predicted molar refractivity (Wildman–Crippen MR) is 53.5 cm³/mol. The lowest BCUT2D eigenvalue weighted by Gasteiger charge is -2.12. The summed E-state index contributed by atoms with van der Waals surface area (Å²) in [6.07, 6.45) is 2.70. The van der Waals surface area contributed by atoms with Crippen LogP contribution >= 0.6 is 0 Å². The van der Waals surface area contributed by atoms with Crippen LogP contribution < -0.4 is 0 Å². The van der Waals surface area contributed by atoms with Crippen LogP contribution in [0.15, 0.2) is 11.8 Å². The fraction of sp³-hybridized carbons (Fsp3) is 0.600. The second-order valence-corrected chi connectivity index (χ2v) is 3.20. The highest BCUT2D eigenvalue weighted by Gasteiger charge is 2.11. The zero-order valence-electron chi connectivity index (χ0n) is 9.16. The average Bonchev–Trinajstić information content (AvgIpc) is 2.10. The van der Waals surface area contributed by atoms with Crippen molar-refractivity contribution in [2.45, 2.75) is 26.7 Å². The summed E-state index contributed by atoms with van der Waals surface area (Å²) in [7, 11) is 3.33. The number of hydrogen-bond acceptors (Lipinski definition) is 3. The molecule has 0 N–H and O–H groups in total. The van der Waals surface area contributed by atoms with Crippen LogP contribution in [-0.4, -0.2) is 30.9 Å². The van der Waals surface area contributed by atoms with Crippen molar-refractivity contribution in [1.29, 1.82) is 0 Å². The minimum atomic E-state index is -0.412. The molecular weight excluding hydrogens is 182 g/mol. The van der Waals surface area contributed by atoms with Gasteiger partial charge >= 0.3 is 5.97 Å². The SMILES string of the molecule is CCC/C(=C\OC(C)=O)C(=O)N(C)C. The molecule has 0 saturated heterocycles. The van der Waals surface area contributed by atoms with Gasteiger partial charge in [-0.1, -0.05) is 13.3 Å². The summed E-state index contributed by atoms with van der Waals surface area (Å²) in [5.41, 5.74) is 0.521. The highest BCUT2D eigenvalue weighted by Crippen LogP contribution is 2.07. The Kier molecular flexibility index (Phi) is 5.60. The van der Waals surface area contributed by atoms with Gasteiger partial charge < -0.3 is 9.64 Å². The first-order chi connectivity index (χ1) is 6.49. The fourth-order valence-electron chi connectivity index (χ4n) is 0.927. The van der Waals surface area contributed by atoms with E-state index in [1.165, 1.54) is 18.1 Å². The first kappa shape index (κ1) is 12.7. The van der Waals surface area contributed by atoms with E-state index in [9.17, 15) is 9.59 Å². The zero-order valence-corrected chi connectivity index (χ0v) is 9.16. The smallest absolute Gasteiger partial charge is 0.307 e. The molecule has 0 unspecified atom stereocenters. The molecule has 0 fully saturated rings. The molecule has 0 aromatic rings. The number of carbonyl (C=O) groups excluding carboxylic acids is 2. The quantitative estimate of drug-likeness (QED) is 0.390. The molecule has 0 radical (unpaired) electrons. The van der Waals surface area contributed by atoms with Gasteiger partial charge in [-0.05, 0) is 6.42 Å². The molecule has 0 aliphatic rings. The van der Waals surface area contributed by atoms with Crippen LogP contribution in [0, 0.1) is 0 Å². The number of carbonyl (C=O) groups is 2. The van der Waals surface area contributed by atoms with Gasteiger partial charge in [-0.25, -0.2) is 0 Å². The van der Waals surface area contributed by atoms with Crippen LogP contribution in [-0.2, 0) is 14.3 Å². The van der Waals surface area contributed by atoms with Crippen molar-refractivity contribution in [2.75, 3.05) is 14.1 Å². The minimum absolute atomic E-state index is 0.117. The van der Waals surface area contributed by atoms with Gasteiger partial charge in [0.25, 0.3) is 5.91 Å². The van der Waals surface area contributed by atoms with E-state index in [1.54, 1.807) is 14.1 Å². The van der Waals surface area contributed by atoms with Crippen LogP contribution in [0.4, 0.5) is 0 Å². The first-order valence-electron chi connectivity index (χ1n) is 4.57. The van der Waals surface area contributed by atoms with Crippen molar-refractivity contribution in [1.82, 2.24) is 4.90 Å². The van der Waals surface area contributed by atoms with Crippen molar-refractivity contribution in [3.05, 3.63) is 11.8 Å². The molecule has 0 saturated carbocycles. The van der Waals surface area contributed by atoms with Gasteiger partial charge in [0.15, 0.2) is 0 Å². The number of rotatable bonds is 4. The van der Waals surface area contributed by atoms with Crippen LogP contribution in [0.2, 0.25) is 0 Å². The molecule has 1 amide bonds. The molecular formula is C10H17NO3. The first-order valence-corrected chi connectivity index (χ1v) is 4.57. The van der Waals surface area contributed by atoms with E-state index in [2.05, 4.69) is 4.74 Å². The van der Waals surface area contributed by atoms with Gasteiger partial charge in [0, 0.05) is 21.0 Å². The maximum absolute atomic E-state index is 11.5. The Labute approximate surface area is 84.5 Å². The Morgan fingerprint density at radius 1 is 1.36 bits per heavy atom. The molecule has 0 spiro atoms. The van der Waals surface area contributed by atoms with Crippen molar-refractivity contribution in [2.24, 2.45) is 0 Å². The van der Waals surface area contributed by atoms with Crippen LogP contribution in [0.5, 0.6) is 0 Å². The predicted octanol–water partition coefficient (Wildman–Crippen LogP) is 1.32.